The number of benzene rings is 2. The summed E-state index contributed by atoms with van der Waals surface area (Å²) in [6.07, 6.45) is 0. The van der Waals surface area contributed by atoms with E-state index in [1.807, 2.05) is 36.4 Å². The van der Waals surface area contributed by atoms with Crippen molar-refractivity contribution in [2.45, 2.75) is 27.7 Å². The van der Waals surface area contributed by atoms with Crippen LogP contribution in [0.25, 0.3) is 0 Å². The Bertz CT molecular complexity index is 676. The molecule has 0 N–H and O–H groups in total. The molecule has 4 heteroatoms. The number of rotatable bonds is 9. The Balaban J connectivity index is 1.79. The van der Waals surface area contributed by atoms with Crippen molar-refractivity contribution in [3.63, 3.8) is 0 Å². The highest BCUT2D eigenvalue weighted by molar-refractivity contribution is 5.89. The zero-order chi connectivity index (χ0) is 20.5. The summed E-state index contributed by atoms with van der Waals surface area (Å²) < 4.78 is 10.9. The molecule has 4 unspecified atom stereocenters. The number of carbonyl (C=O) groups is 2. The molecule has 0 radical (unpaired) electrons. The van der Waals surface area contributed by atoms with Crippen molar-refractivity contribution in [2.24, 2.45) is 23.7 Å². The largest absolute Gasteiger partial charge is 0.462 e. The Labute approximate surface area is 167 Å². The molecule has 0 aliphatic rings. The van der Waals surface area contributed by atoms with Crippen molar-refractivity contribution in [3.05, 3.63) is 71.8 Å². The number of ether oxygens (including phenoxy) is 2. The van der Waals surface area contributed by atoms with Gasteiger partial charge in [-0.05, 0) is 47.9 Å². The minimum absolute atomic E-state index is 0.204. The summed E-state index contributed by atoms with van der Waals surface area (Å²) in [4.78, 5) is 24.2. The van der Waals surface area contributed by atoms with Crippen LogP contribution < -0.4 is 0 Å². The van der Waals surface area contributed by atoms with Gasteiger partial charge in [0.15, 0.2) is 0 Å². The van der Waals surface area contributed by atoms with E-state index >= 15 is 0 Å². The number of carbonyl (C=O) groups excluding carboxylic acids is 2. The molecule has 0 aliphatic heterocycles. The van der Waals surface area contributed by atoms with Crippen molar-refractivity contribution in [1.82, 2.24) is 0 Å². The molecule has 0 aromatic heterocycles. The third-order valence-electron chi connectivity index (χ3n) is 5.60. The molecule has 2 aromatic carbocycles. The standard InChI is InChI=1S/C24H30O4/c1-17(15-27-23(25)21-11-7-5-8-12-21)19(3)20(4)18(2)16-28-24(26)22-13-9-6-10-14-22/h5-14,17-20H,15-16H2,1-4H3. The molecule has 0 aliphatic carbocycles. The van der Waals surface area contributed by atoms with Crippen molar-refractivity contribution in [2.75, 3.05) is 13.2 Å². The molecule has 0 spiro atoms. The molecule has 28 heavy (non-hydrogen) atoms. The summed E-state index contributed by atoms with van der Waals surface area (Å²) in [7, 11) is 0. The summed E-state index contributed by atoms with van der Waals surface area (Å²) in [6.45, 7) is 9.22. The van der Waals surface area contributed by atoms with E-state index in [9.17, 15) is 9.59 Å². The zero-order valence-electron chi connectivity index (χ0n) is 17.1. The number of esters is 2. The summed E-state index contributed by atoms with van der Waals surface area (Å²) in [6, 6.07) is 18.0. The van der Waals surface area contributed by atoms with Crippen LogP contribution in [0.15, 0.2) is 60.7 Å². The maximum Gasteiger partial charge on any atom is 0.338 e. The van der Waals surface area contributed by atoms with Gasteiger partial charge in [0.05, 0.1) is 24.3 Å². The average Bonchev–Trinajstić information content (AvgIpc) is 2.75. The molecule has 2 rings (SSSR count). The van der Waals surface area contributed by atoms with Crippen molar-refractivity contribution < 1.29 is 19.1 Å². The highest BCUT2D eigenvalue weighted by Crippen LogP contribution is 2.28. The molecule has 0 amide bonds. The fourth-order valence-corrected chi connectivity index (χ4v) is 3.07. The predicted molar refractivity (Wildman–Crippen MR) is 110 cm³/mol. The minimum atomic E-state index is -0.294. The smallest absolute Gasteiger partial charge is 0.338 e. The van der Waals surface area contributed by atoms with E-state index in [0.29, 0.717) is 36.2 Å². The maximum atomic E-state index is 12.1. The van der Waals surface area contributed by atoms with E-state index in [2.05, 4.69) is 27.7 Å². The van der Waals surface area contributed by atoms with Crippen LogP contribution in [0.3, 0.4) is 0 Å². The second kappa shape index (κ2) is 10.6. The molecule has 4 nitrogen and oxygen atoms in total. The number of hydrogen-bond acceptors (Lipinski definition) is 4. The summed E-state index contributed by atoms with van der Waals surface area (Å²) in [5, 5.41) is 0. The first-order chi connectivity index (χ1) is 13.4. The normalized spacial score (nSPS) is 15.1. The van der Waals surface area contributed by atoms with Gasteiger partial charge in [-0.1, -0.05) is 64.1 Å². The molecular formula is C24H30O4. The van der Waals surface area contributed by atoms with E-state index in [1.165, 1.54) is 0 Å². The predicted octanol–water partition coefficient (Wildman–Crippen LogP) is 5.24. The van der Waals surface area contributed by atoms with E-state index in [0.717, 1.165) is 0 Å². The quantitative estimate of drug-likeness (QED) is 0.556. The second-order valence-electron chi connectivity index (χ2n) is 7.60. The van der Waals surface area contributed by atoms with Gasteiger partial charge in [0.1, 0.15) is 0 Å². The van der Waals surface area contributed by atoms with Gasteiger partial charge in [0.2, 0.25) is 0 Å². The molecule has 0 saturated heterocycles. The average molecular weight is 383 g/mol. The van der Waals surface area contributed by atoms with Gasteiger partial charge < -0.3 is 9.47 Å². The van der Waals surface area contributed by atoms with Gasteiger partial charge in [-0.3, -0.25) is 0 Å². The van der Waals surface area contributed by atoms with Gasteiger partial charge in [-0.2, -0.15) is 0 Å². The summed E-state index contributed by atoms with van der Waals surface area (Å²) >= 11 is 0. The Morgan fingerprint density at radius 3 is 1.29 bits per heavy atom. The van der Waals surface area contributed by atoms with E-state index in [1.54, 1.807) is 24.3 Å². The Morgan fingerprint density at radius 1 is 0.643 bits per heavy atom. The Morgan fingerprint density at radius 2 is 0.964 bits per heavy atom. The molecule has 0 heterocycles. The molecule has 4 atom stereocenters. The first kappa shape index (κ1) is 21.7. The lowest BCUT2D eigenvalue weighted by Gasteiger charge is -2.30. The van der Waals surface area contributed by atoms with Crippen LogP contribution in [0.2, 0.25) is 0 Å². The van der Waals surface area contributed by atoms with Gasteiger partial charge in [-0.25, -0.2) is 9.59 Å². The molecule has 150 valence electrons. The third-order valence-corrected chi connectivity index (χ3v) is 5.60. The molecule has 2 aromatic rings. The maximum absolute atomic E-state index is 12.1. The molecular weight excluding hydrogens is 352 g/mol. The van der Waals surface area contributed by atoms with Gasteiger partial charge in [0.25, 0.3) is 0 Å². The minimum Gasteiger partial charge on any atom is -0.462 e. The monoisotopic (exact) mass is 382 g/mol. The van der Waals surface area contributed by atoms with Crippen molar-refractivity contribution in [1.29, 1.82) is 0 Å². The first-order valence-electron chi connectivity index (χ1n) is 9.84. The van der Waals surface area contributed by atoms with Crippen molar-refractivity contribution in [3.8, 4) is 0 Å². The molecule has 0 bridgehead atoms. The Kier molecular flexibility index (Phi) is 8.24. The molecule has 0 saturated carbocycles. The first-order valence-corrected chi connectivity index (χ1v) is 9.84. The number of hydrogen-bond donors (Lipinski definition) is 0. The van der Waals surface area contributed by atoms with Crippen LogP contribution in [0.5, 0.6) is 0 Å². The fourth-order valence-electron chi connectivity index (χ4n) is 3.07. The zero-order valence-corrected chi connectivity index (χ0v) is 17.1. The third kappa shape index (κ3) is 6.22. The van der Waals surface area contributed by atoms with Crippen molar-refractivity contribution >= 4 is 11.9 Å². The van der Waals surface area contributed by atoms with Crippen LogP contribution in [-0.4, -0.2) is 25.2 Å². The van der Waals surface area contributed by atoms with Crippen LogP contribution in [0, 0.1) is 23.7 Å². The van der Waals surface area contributed by atoms with E-state index in [4.69, 9.17) is 9.47 Å². The van der Waals surface area contributed by atoms with Crippen LogP contribution in [0.1, 0.15) is 48.4 Å². The molecule has 0 fully saturated rings. The van der Waals surface area contributed by atoms with Crippen LogP contribution >= 0.6 is 0 Å². The topological polar surface area (TPSA) is 52.6 Å². The van der Waals surface area contributed by atoms with Crippen LogP contribution in [-0.2, 0) is 9.47 Å². The van der Waals surface area contributed by atoms with E-state index in [-0.39, 0.29) is 23.8 Å². The van der Waals surface area contributed by atoms with Gasteiger partial charge >= 0.3 is 11.9 Å². The lowest BCUT2D eigenvalue weighted by molar-refractivity contribution is 0.0271. The van der Waals surface area contributed by atoms with Gasteiger partial charge in [0, 0.05) is 0 Å². The lowest BCUT2D eigenvalue weighted by Crippen LogP contribution is -2.28. The van der Waals surface area contributed by atoms with Gasteiger partial charge in [-0.15, -0.1) is 0 Å². The highest BCUT2D eigenvalue weighted by atomic mass is 16.5. The lowest BCUT2D eigenvalue weighted by atomic mass is 9.79. The highest BCUT2D eigenvalue weighted by Gasteiger charge is 2.26. The second-order valence-corrected chi connectivity index (χ2v) is 7.60. The SMILES string of the molecule is CC(COC(=O)c1ccccc1)C(C)C(C)C(C)COC(=O)c1ccccc1. The summed E-state index contributed by atoms with van der Waals surface area (Å²) in [5.74, 6) is 0.446. The summed E-state index contributed by atoms with van der Waals surface area (Å²) in [5.41, 5.74) is 1.13. The fraction of sp³-hybridized carbons (Fsp3) is 0.417. The Hall–Kier alpha value is -2.62. The van der Waals surface area contributed by atoms with E-state index < -0.39 is 0 Å². The van der Waals surface area contributed by atoms with Crippen LogP contribution in [0.4, 0.5) is 0 Å².